The second-order valence-corrected chi connectivity index (χ2v) is 8.17. The molecule has 0 radical (unpaired) electrons. The second kappa shape index (κ2) is 5.70. The van der Waals surface area contributed by atoms with E-state index in [4.69, 9.17) is 16.3 Å². The lowest BCUT2D eigenvalue weighted by atomic mass is 9.92. The van der Waals surface area contributed by atoms with Crippen LogP contribution >= 0.6 is 54.8 Å². The van der Waals surface area contributed by atoms with Crippen molar-refractivity contribution in [1.29, 1.82) is 0 Å². The zero-order valence-corrected chi connectivity index (χ0v) is 13.6. The Morgan fingerprint density at radius 3 is 2.94 bits per heavy atom. The molecule has 1 nitrogen and oxygen atoms in total. The average molecular weight is 389 g/mol. The molecule has 0 bridgehead atoms. The van der Waals surface area contributed by atoms with Crippen LogP contribution in [0.1, 0.15) is 30.7 Å². The van der Waals surface area contributed by atoms with Crippen LogP contribution in [0.2, 0.25) is 0 Å². The highest BCUT2D eigenvalue weighted by atomic mass is 79.9. The molecule has 1 aliphatic rings. The van der Waals surface area contributed by atoms with Crippen LogP contribution in [0, 0.1) is 5.92 Å². The number of hydrogen-bond donors (Lipinski definition) is 0. The fourth-order valence-electron chi connectivity index (χ4n) is 2.19. The number of rotatable bonds is 3. The van der Waals surface area contributed by atoms with Crippen LogP contribution < -0.4 is 0 Å². The van der Waals surface area contributed by atoms with Crippen molar-refractivity contribution in [3.05, 3.63) is 19.2 Å². The summed E-state index contributed by atoms with van der Waals surface area (Å²) in [6.07, 6.45) is 2.41. The van der Waals surface area contributed by atoms with Crippen LogP contribution in [0.3, 0.4) is 0 Å². The van der Waals surface area contributed by atoms with Gasteiger partial charge in [-0.05, 0) is 56.3 Å². The second-order valence-electron chi connectivity index (χ2n) is 3.95. The van der Waals surface area contributed by atoms with E-state index in [2.05, 4.69) is 44.8 Å². The van der Waals surface area contributed by atoms with E-state index in [1.807, 2.05) is 0 Å². The van der Waals surface area contributed by atoms with Crippen molar-refractivity contribution in [2.75, 3.05) is 6.61 Å². The summed E-state index contributed by atoms with van der Waals surface area (Å²) in [5.74, 6) is 0.435. The lowest BCUT2D eigenvalue weighted by molar-refractivity contribution is 0.0864. The first kappa shape index (κ1) is 13.3. The van der Waals surface area contributed by atoms with Gasteiger partial charge in [-0.25, -0.2) is 0 Å². The van der Waals surface area contributed by atoms with Gasteiger partial charge < -0.3 is 4.74 Å². The molecule has 16 heavy (non-hydrogen) atoms. The molecule has 2 heterocycles. The quantitative estimate of drug-likeness (QED) is 0.633. The highest BCUT2D eigenvalue weighted by molar-refractivity contribution is 9.12. The zero-order valence-electron chi connectivity index (χ0n) is 8.88. The highest BCUT2D eigenvalue weighted by Crippen LogP contribution is 2.45. The van der Waals surface area contributed by atoms with Gasteiger partial charge in [-0.1, -0.05) is 6.92 Å². The van der Waals surface area contributed by atoms with Gasteiger partial charge in [0.15, 0.2) is 0 Å². The minimum Gasteiger partial charge on any atom is -0.378 e. The van der Waals surface area contributed by atoms with Gasteiger partial charge in [0.05, 0.1) is 19.1 Å². The van der Waals surface area contributed by atoms with E-state index >= 15 is 0 Å². The van der Waals surface area contributed by atoms with Gasteiger partial charge in [-0.2, -0.15) is 0 Å². The van der Waals surface area contributed by atoms with Crippen molar-refractivity contribution in [2.24, 2.45) is 5.92 Å². The van der Waals surface area contributed by atoms with Crippen LogP contribution in [0.4, 0.5) is 0 Å². The maximum Gasteiger partial charge on any atom is 0.0757 e. The molecule has 5 heteroatoms. The first-order valence-corrected chi connectivity index (χ1v) is 8.17. The maximum atomic E-state index is 6.58. The van der Waals surface area contributed by atoms with Gasteiger partial charge in [0, 0.05) is 12.5 Å². The van der Waals surface area contributed by atoms with Crippen molar-refractivity contribution < 1.29 is 4.74 Å². The minimum absolute atomic E-state index is 0.0457. The number of thiophene rings is 1. The molecule has 1 aliphatic heterocycles. The summed E-state index contributed by atoms with van der Waals surface area (Å²) in [7, 11) is 0. The van der Waals surface area contributed by atoms with Gasteiger partial charge in [-0.3, -0.25) is 0 Å². The molecule has 3 unspecified atom stereocenters. The molecule has 2 rings (SSSR count). The molecular formula is C11H13Br2ClOS. The van der Waals surface area contributed by atoms with Gasteiger partial charge in [0.2, 0.25) is 0 Å². The predicted molar refractivity (Wildman–Crippen MR) is 76.5 cm³/mol. The Hall–Kier alpha value is 0.910. The topological polar surface area (TPSA) is 9.23 Å². The molecule has 0 saturated carbocycles. The number of hydrogen-bond acceptors (Lipinski definition) is 2. The Labute approximate surface area is 122 Å². The van der Waals surface area contributed by atoms with Crippen LogP contribution in [0.25, 0.3) is 0 Å². The normalized spacial score (nSPS) is 27.2. The standard InChI is InChI=1S/C11H13Br2ClOS/c1-2-8-6(3-4-15-8)10(14)7-5-9(12)16-11(7)13/h5-6,8,10H,2-4H2,1H3. The lowest BCUT2D eigenvalue weighted by Crippen LogP contribution is -2.19. The molecule has 1 aromatic rings. The molecule has 0 spiro atoms. The van der Waals surface area contributed by atoms with Crippen molar-refractivity contribution in [2.45, 2.75) is 31.2 Å². The first-order valence-electron chi connectivity index (χ1n) is 5.34. The Morgan fingerprint density at radius 2 is 2.38 bits per heavy atom. The van der Waals surface area contributed by atoms with E-state index in [1.165, 1.54) is 5.56 Å². The molecule has 0 aliphatic carbocycles. The van der Waals surface area contributed by atoms with E-state index in [0.29, 0.717) is 12.0 Å². The lowest BCUT2D eigenvalue weighted by Gasteiger charge is -2.21. The predicted octanol–water partition coefficient (Wildman–Crippen LogP) is 5.37. The van der Waals surface area contributed by atoms with Crippen molar-refractivity contribution in [1.82, 2.24) is 0 Å². The monoisotopic (exact) mass is 386 g/mol. The van der Waals surface area contributed by atoms with E-state index < -0.39 is 0 Å². The van der Waals surface area contributed by atoms with Crippen LogP contribution in [0.5, 0.6) is 0 Å². The van der Waals surface area contributed by atoms with Crippen molar-refractivity contribution >= 4 is 54.8 Å². The fraction of sp³-hybridized carbons (Fsp3) is 0.636. The summed E-state index contributed by atoms with van der Waals surface area (Å²) < 4.78 is 7.94. The summed E-state index contributed by atoms with van der Waals surface area (Å²) in [4.78, 5) is 0. The molecule has 1 saturated heterocycles. The first-order chi connectivity index (χ1) is 7.63. The zero-order chi connectivity index (χ0) is 11.7. The Morgan fingerprint density at radius 1 is 1.62 bits per heavy atom. The Balaban J connectivity index is 2.18. The molecule has 0 amide bonds. The van der Waals surface area contributed by atoms with Crippen LogP contribution in [-0.2, 0) is 4.74 Å². The van der Waals surface area contributed by atoms with Gasteiger partial charge in [0.25, 0.3) is 0 Å². The molecule has 0 aromatic carbocycles. The third-order valence-electron chi connectivity index (χ3n) is 3.02. The molecule has 3 atom stereocenters. The van der Waals surface area contributed by atoms with Crippen molar-refractivity contribution in [3.8, 4) is 0 Å². The minimum atomic E-state index is 0.0457. The highest BCUT2D eigenvalue weighted by Gasteiger charge is 2.34. The molecule has 1 aromatic heterocycles. The SMILES string of the molecule is CCC1OCCC1C(Cl)c1cc(Br)sc1Br. The number of halogens is 3. The summed E-state index contributed by atoms with van der Waals surface area (Å²) in [5, 5.41) is 0.0457. The molecule has 90 valence electrons. The van der Waals surface area contributed by atoms with E-state index in [-0.39, 0.29) is 5.38 Å². The third kappa shape index (κ3) is 2.66. The molecular weight excluding hydrogens is 375 g/mol. The number of ether oxygens (including phenoxy) is 1. The van der Waals surface area contributed by atoms with Crippen molar-refractivity contribution in [3.63, 3.8) is 0 Å². The smallest absolute Gasteiger partial charge is 0.0757 e. The van der Waals surface area contributed by atoms with E-state index in [1.54, 1.807) is 11.3 Å². The van der Waals surface area contributed by atoms with Gasteiger partial charge in [0.1, 0.15) is 0 Å². The van der Waals surface area contributed by atoms with E-state index in [9.17, 15) is 0 Å². The average Bonchev–Trinajstić information content (AvgIpc) is 2.83. The molecule has 0 N–H and O–H groups in total. The summed E-state index contributed by atoms with van der Waals surface area (Å²) >= 11 is 15.3. The fourth-order valence-corrected chi connectivity index (χ4v) is 5.78. The third-order valence-corrected chi connectivity index (χ3v) is 5.96. The maximum absolute atomic E-state index is 6.58. The summed E-state index contributed by atoms with van der Waals surface area (Å²) in [6.45, 7) is 3.00. The Kier molecular flexibility index (Phi) is 4.75. The largest absolute Gasteiger partial charge is 0.378 e. The molecule has 1 fully saturated rings. The van der Waals surface area contributed by atoms with Gasteiger partial charge in [-0.15, -0.1) is 22.9 Å². The van der Waals surface area contributed by atoms with Crippen LogP contribution in [-0.4, -0.2) is 12.7 Å². The van der Waals surface area contributed by atoms with E-state index in [0.717, 1.165) is 27.0 Å². The van der Waals surface area contributed by atoms with Crippen LogP contribution in [0.15, 0.2) is 13.6 Å². The van der Waals surface area contributed by atoms with Gasteiger partial charge >= 0.3 is 0 Å². The summed E-state index contributed by atoms with van der Waals surface area (Å²) in [5.41, 5.74) is 1.19. The summed E-state index contributed by atoms with van der Waals surface area (Å²) in [6, 6.07) is 2.11. The number of alkyl halides is 1. The Bertz CT molecular complexity index is 369.